The van der Waals surface area contributed by atoms with Crippen LogP contribution in [0.4, 0.5) is 0 Å². The minimum absolute atomic E-state index is 0.0358. The summed E-state index contributed by atoms with van der Waals surface area (Å²) in [5, 5.41) is 0. The van der Waals surface area contributed by atoms with Crippen molar-refractivity contribution in [2.75, 3.05) is 0 Å². The molecule has 0 aromatic rings. The topological polar surface area (TPSA) is 35.5 Å². The van der Waals surface area contributed by atoms with Crippen molar-refractivity contribution in [3.8, 4) is 0 Å². The van der Waals surface area contributed by atoms with Crippen LogP contribution in [-0.4, -0.2) is 22.8 Å². The highest BCUT2D eigenvalue weighted by Crippen LogP contribution is 2.61. The second-order valence-electron chi connectivity index (χ2n) is 8.80. The maximum Gasteiger partial charge on any atom is 0.330 e. The number of esters is 1. The highest BCUT2D eigenvalue weighted by atomic mass is 16.6. The Bertz CT molecular complexity index is 489. The van der Waals surface area contributed by atoms with Gasteiger partial charge in [-0.2, -0.15) is 0 Å². The molecule has 0 aromatic heterocycles. The van der Waals surface area contributed by atoms with Gasteiger partial charge in [0.25, 0.3) is 0 Å². The SMILES string of the molecule is C=CC(=O)OC12CC3CC(C1)CC(OC1(CC)CCCC1)(C3)C2. The molecule has 23 heavy (non-hydrogen) atoms. The molecule has 5 fully saturated rings. The van der Waals surface area contributed by atoms with Crippen LogP contribution in [0, 0.1) is 11.8 Å². The van der Waals surface area contributed by atoms with E-state index >= 15 is 0 Å². The van der Waals surface area contributed by atoms with Gasteiger partial charge < -0.3 is 9.47 Å². The van der Waals surface area contributed by atoms with Crippen LogP contribution >= 0.6 is 0 Å². The van der Waals surface area contributed by atoms with Crippen molar-refractivity contribution in [3.63, 3.8) is 0 Å². The Kier molecular flexibility index (Phi) is 3.64. The van der Waals surface area contributed by atoms with Crippen molar-refractivity contribution in [1.29, 1.82) is 0 Å². The first-order chi connectivity index (χ1) is 11.0. The Balaban J connectivity index is 1.59. The molecule has 5 aliphatic carbocycles. The maximum atomic E-state index is 11.9. The Morgan fingerprint density at radius 2 is 1.74 bits per heavy atom. The average molecular weight is 318 g/mol. The molecule has 0 amide bonds. The normalized spacial score (nSPS) is 43.5. The molecule has 128 valence electrons. The summed E-state index contributed by atoms with van der Waals surface area (Å²) in [7, 11) is 0. The molecule has 5 saturated carbocycles. The smallest absolute Gasteiger partial charge is 0.330 e. The zero-order chi connectivity index (χ0) is 16.1. The molecule has 0 aromatic carbocycles. The molecule has 5 aliphatic rings. The van der Waals surface area contributed by atoms with Gasteiger partial charge >= 0.3 is 5.97 Å². The maximum absolute atomic E-state index is 11.9. The van der Waals surface area contributed by atoms with Crippen LogP contribution in [0.1, 0.15) is 77.6 Å². The van der Waals surface area contributed by atoms with E-state index in [0.29, 0.717) is 11.8 Å². The monoisotopic (exact) mass is 318 g/mol. The number of ether oxygens (including phenoxy) is 2. The van der Waals surface area contributed by atoms with Crippen LogP contribution in [0.15, 0.2) is 12.7 Å². The van der Waals surface area contributed by atoms with Gasteiger partial charge in [-0.1, -0.05) is 26.3 Å². The lowest BCUT2D eigenvalue weighted by Gasteiger charge is -2.62. The van der Waals surface area contributed by atoms with Crippen LogP contribution in [-0.2, 0) is 14.3 Å². The lowest BCUT2D eigenvalue weighted by Crippen LogP contribution is -2.63. The van der Waals surface area contributed by atoms with E-state index < -0.39 is 0 Å². The van der Waals surface area contributed by atoms with Crippen molar-refractivity contribution >= 4 is 5.97 Å². The van der Waals surface area contributed by atoms with Crippen molar-refractivity contribution in [2.45, 2.75) is 94.4 Å². The minimum Gasteiger partial charge on any atom is -0.456 e. The van der Waals surface area contributed by atoms with Gasteiger partial charge in [-0.05, 0) is 63.2 Å². The predicted octanol–water partition coefficient (Wildman–Crippen LogP) is 4.55. The average Bonchev–Trinajstić information content (AvgIpc) is 2.93. The zero-order valence-electron chi connectivity index (χ0n) is 14.4. The largest absolute Gasteiger partial charge is 0.456 e. The van der Waals surface area contributed by atoms with E-state index in [2.05, 4.69) is 13.5 Å². The fourth-order valence-electron chi connectivity index (χ4n) is 6.60. The molecule has 0 spiro atoms. The Labute approximate surface area is 139 Å². The minimum atomic E-state index is -0.275. The summed E-state index contributed by atoms with van der Waals surface area (Å²) in [6.45, 7) is 5.85. The second kappa shape index (κ2) is 5.34. The Hall–Kier alpha value is -0.830. The third kappa shape index (κ3) is 2.65. The van der Waals surface area contributed by atoms with E-state index in [1.165, 1.54) is 51.0 Å². The molecular weight excluding hydrogens is 288 g/mol. The molecule has 2 atom stereocenters. The highest BCUT2D eigenvalue weighted by molar-refractivity contribution is 5.81. The number of carbonyl (C=O) groups excluding carboxylic acids is 1. The highest BCUT2D eigenvalue weighted by Gasteiger charge is 2.61. The van der Waals surface area contributed by atoms with Crippen molar-refractivity contribution in [2.24, 2.45) is 11.8 Å². The molecule has 0 aliphatic heterocycles. The van der Waals surface area contributed by atoms with Gasteiger partial charge in [0.15, 0.2) is 0 Å². The van der Waals surface area contributed by atoms with Crippen LogP contribution < -0.4 is 0 Å². The summed E-state index contributed by atoms with van der Waals surface area (Å²) in [5.74, 6) is 1.08. The fraction of sp³-hybridized carbons (Fsp3) is 0.850. The molecule has 4 bridgehead atoms. The van der Waals surface area contributed by atoms with E-state index in [0.717, 1.165) is 25.7 Å². The number of rotatable bonds is 5. The number of hydrogen-bond acceptors (Lipinski definition) is 3. The predicted molar refractivity (Wildman–Crippen MR) is 89.0 cm³/mol. The van der Waals surface area contributed by atoms with Gasteiger partial charge in [-0.25, -0.2) is 4.79 Å². The number of hydrogen-bond donors (Lipinski definition) is 0. The number of carbonyl (C=O) groups is 1. The molecular formula is C20H30O3. The molecule has 3 heteroatoms. The molecule has 0 N–H and O–H groups in total. The van der Waals surface area contributed by atoms with E-state index in [4.69, 9.17) is 9.47 Å². The summed E-state index contributed by atoms with van der Waals surface area (Å²) in [6.07, 6.45) is 14.1. The van der Waals surface area contributed by atoms with Crippen molar-refractivity contribution in [3.05, 3.63) is 12.7 Å². The Morgan fingerprint density at radius 1 is 1.13 bits per heavy atom. The van der Waals surface area contributed by atoms with Gasteiger partial charge in [-0.3, -0.25) is 0 Å². The zero-order valence-corrected chi connectivity index (χ0v) is 14.4. The molecule has 0 saturated heterocycles. The fourth-order valence-corrected chi connectivity index (χ4v) is 6.60. The molecule has 5 rings (SSSR count). The van der Waals surface area contributed by atoms with Crippen molar-refractivity contribution < 1.29 is 14.3 Å². The van der Waals surface area contributed by atoms with Crippen LogP contribution in [0.3, 0.4) is 0 Å². The third-order valence-electron chi connectivity index (χ3n) is 7.03. The lowest BCUT2D eigenvalue weighted by molar-refractivity contribution is -0.264. The summed E-state index contributed by atoms with van der Waals surface area (Å²) in [5.41, 5.74) is -0.218. The van der Waals surface area contributed by atoms with E-state index in [1.54, 1.807) is 0 Å². The molecule has 2 unspecified atom stereocenters. The van der Waals surface area contributed by atoms with E-state index in [-0.39, 0.29) is 22.8 Å². The van der Waals surface area contributed by atoms with Crippen LogP contribution in [0.5, 0.6) is 0 Å². The van der Waals surface area contributed by atoms with Crippen LogP contribution in [0.25, 0.3) is 0 Å². The van der Waals surface area contributed by atoms with Gasteiger partial charge in [0.2, 0.25) is 0 Å². The van der Waals surface area contributed by atoms with Gasteiger partial charge in [0.1, 0.15) is 5.60 Å². The first kappa shape index (κ1) is 15.7. The standard InChI is InChI=1S/C20H30O3/c1-3-17(21)22-19-10-15-9-16(11-19)13-20(12-15,14-19)23-18(4-2)7-5-6-8-18/h3,15-16H,1,4-14H2,2H3. The summed E-state index contributed by atoms with van der Waals surface area (Å²) in [4.78, 5) is 11.9. The Morgan fingerprint density at radius 3 is 2.30 bits per heavy atom. The summed E-state index contributed by atoms with van der Waals surface area (Å²) >= 11 is 0. The van der Waals surface area contributed by atoms with Crippen LogP contribution in [0.2, 0.25) is 0 Å². The second-order valence-corrected chi connectivity index (χ2v) is 8.80. The first-order valence-corrected chi connectivity index (χ1v) is 9.56. The molecule has 0 heterocycles. The molecule has 3 nitrogen and oxygen atoms in total. The van der Waals surface area contributed by atoms with Gasteiger partial charge in [0, 0.05) is 12.5 Å². The van der Waals surface area contributed by atoms with E-state index in [9.17, 15) is 4.79 Å². The summed E-state index contributed by atoms with van der Waals surface area (Å²) < 4.78 is 12.9. The third-order valence-corrected chi connectivity index (χ3v) is 7.03. The van der Waals surface area contributed by atoms with E-state index in [1.807, 2.05) is 0 Å². The van der Waals surface area contributed by atoms with Crippen molar-refractivity contribution in [1.82, 2.24) is 0 Å². The molecule has 0 radical (unpaired) electrons. The lowest BCUT2D eigenvalue weighted by atomic mass is 9.52. The quantitative estimate of drug-likeness (QED) is 0.551. The first-order valence-electron chi connectivity index (χ1n) is 9.56. The van der Waals surface area contributed by atoms with Gasteiger partial charge in [0.05, 0.1) is 11.2 Å². The summed E-state index contributed by atoms with van der Waals surface area (Å²) in [6, 6.07) is 0. The van der Waals surface area contributed by atoms with Gasteiger partial charge in [-0.15, -0.1) is 0 Å².